The first kappa shape index (κ1) is 33.4. The highest BCUT2D eigenvalue weighted by molar-refractivity contribution is 9.10. The number of benzene rings is 2. The van der Waals surface area contributed by atoms with E-state index in [0.717, 1.165) is 16.7 Å². The highest BCUT2D eigenvalue weighted by Gasteiger charge is 2.27. The first-order valence-corrected chi connectivity index (χ1v) is 15.6. The summed E-state index contributed by atoms with van der Waals surface area (Å²) in [6.07, 6.45) is 0.571. The first-order valence-electron chi connectivity index (χ1n) is 12.4. The van der Waals surface area contributed by atoms with Crippen molar-refractivity contribution in [2.24, 2.45) is 0 Å². The maximum Gasteiger partial charge on any atom is 0.324 e. The number of aryl methyl sites for hydroxylation is 1. The van der Waals surface area contributed by atoms with Crippen LogP contribution in [-0.4, -0.2) is 49.2 Å². The molecule has 1 N–H and O–H groups in total. The van der Waals surface area contributed by atoms with E-state index in [0.29, 0.717) is 10.9 Å². The number of esters is 2. The molecule has 2 atom stereocenters. The van der Waals surface area contributed by atoms with Crippen molar-refractivity contribution in [2.45, 2.75) is 88.5 Å². The Kier molecular flexibility index (Phi) is 11.8. The number of halogens is 2. The number of hydrogen-bond donors (Lipinski definition) is 1. The smallest absolute Gasteiger partial charge is 0.324 e. The summed E-state index contributed by atoms with van der Waals surface area (Å²) in [4.78, 5) is 25.1. The second-order valence-electron chi connectivity index (χ2n) is 11.1. The fourth-order valence-electron chi connectivity index (χ4n) is 3.38. The molecule has 0 heterocycles. The average molecular weight is 691 g/mol. The summed E-state index contributed by atoms with van der Waals surface area (Å²) in [6.45, 7) is 12.4. The van der Waals surface area contributed by atoms with Crippen LogP contribution in [0.5, 0.6) is 0 Å². The molecule has 2 aromatic carbocycles. The van der Waals surface area contributed by atoms with E-state index in [1.807, 2.05) is 31.2 Å². The number of carbonyl (C=O) groups excluding carboxylic acids is 2. The summed E-state index contributed by atoms with van der Waals surface area (Å²) in [6, 6.07) is 11.3. The summed E-state index contributed by atoms with van der Waals surface area (Å²) in [5.74, 6) is -0.945. The van der Waals surface area contributed by atoms with Crippen molar-refractivity contribution in [1.82, 2.24) is 5.32 Å². The number of alkyl halides is 1. The second-order valence-corrected chi connectivity index (χ2v) is 14.6. The topological polar surface area (TPSA) is 108 Å². The molecule has 8 nitrogen and oxygen atoms in total. The molecule has 0 spiro atoms. The van der Waals surface area contributed by atoms with Gasteiger partial charge in [0.25, 0.3) is 10.1 Å². The molecule has 216 valence electrons. The van der Waals surface area contributed by atoms with Gasteiger partial charge in [-0.25, -0.2) is 0 Å². The quantitative estimate of drug-likeness (QED) is 0.184. The number of ether oxygens (including phenoxy) is 2. The van der Waals surface area contributed by atoms with E-state index in [4.69, 9.17) is 13.7 Å². The van der Waals surface area contributed by atoms with Crippen LogP contribution < -0.4 is 5.32 Å². The lowest BCUT2D eigenvalue weighted by Crippen LogP contribution is -2.45. The third-order valence-electron chi connectivity index (χ3n) is 5.13. The molecule has 0 aliphatic rings. The Hall–Kier alpha value is -1.79. The van der Waals surface area contributed by atoms with E-state index >= 15 is 0 Å². The van der Waals surface area contributed by atoms with Gasteiger partial charge in [-0.2, -0.15) is 8.42 Å². The van der Waals surface area contributed by atoms with Gasteiger partial charge in [0.15, 0.2) is 0 Å². The SMILES string of the molecule is Cc1ccc(S(=O)(=O)O[C@@H](Br)Cc2ccc(C[C@H](NCC(=O)OC(C)(C)C)C(=O)OC(C)(C)C)cc2)cc1Br. The zero-order valence-electron chi connectivity index (χ0n) is 23.3. The van der Waals surface area contributed by atoms with Crippen LogP contribution in [0.2, 0.25) is 0 Å². The van der Waals surface area contributed by atoms with Gasteiger partial charge in [0.2, 0.25) is 0 Å². The van der Waals surface area contributed by atoms with Crippen LogP contribution in [0, 0.1) is 6.92 Å². The molecule has 11 heteroatoms. The van der Waals surface area contributed by atoms with Gasteiger partial charge in [-0.1, -0.05) is 62.2 Å². The van der Waals surface area contributed by atoms with Gasteiger partial charge in [-0.3, -0.25) is 19.1 Å². The fraction of sp³-hybridized carbons (Fsp3) is 0.500. The number of nitrogens with one attached hydrogen (secondary N) is 1. The average Bonchev–Trinajstić information content (AvgIpc) is 2.76. The van der Waals surface area contributed by atoms with E-state index in [9.17, 15) is 18.0 Å². The van der Waals surface area contributed by atoms with Gasteiger partial charge < -0.3 is 9.47 Å². The Morgan fingerprint density at radius 1 is 0.897 bits per heavy atom. The van der Waals surface area contributed by atoms with Crippen LogP contribution in [0.25, 0.3) is 0 Å². The van der Waals surface area contributed by atoms with Crippen LogP contribution in [0.4, 0.5) is 0 Å². The molecule has 0 radical (unpaired) electrons. The summed E-state index contributed by atoms with van der Waals surface area (Å²) in [5, 5.41) is 2.18. The predicted octanol–water partition coefficient (Wildman–Crippen LogP) is 5.61. The Morgan fingerprint density at radius 2 is 1.44 bits per heavy atom. The minimum absolute atomic E-state index is 0.0619. The van der Waals surface area contributed by atoms with Crippen molar-refractivity contribution in [3.05, 3.63) is 63.6 Å². The minimum Gasteiger partial charge on any atom is -0.459 e. The second kappa shape index (κ2) is 13.7. The van der Waals surface area contributed by atoms with Crippen LogP contribution in [0.3, 0.4) is 0 Å². The van der Waals surface area contributed by atoms with Crippen LogP contribution in [0.1, 0.15) is 58.2 Å². The van der Waals surface area contributed by atoms with Crippen molar-refractivity contribution < 1.29 is 31.7 Å². The van der Waals surface area contributed by atoms with Crippen molar-refractivity contribution in [2.75, 3.05) is 6.54 Å². The maximum absolute atomic E-state index is 12.8. The zero-order chi connectivity index (χ0) is 29.6. The Morgan fingerprint density at radius 3 is 1.95 bits per heavy atom. The van der Waals surface area contributed by atoms with Crippen molar-refractivity contribution in [3.8, 4) is 0 Å². The molecule has 0 aliphatic carbocycles. The largest absolute Gasteiger partial charge is 0.459 e. The molecule has 0 amide bonds. The van der Waals surface area contributed by atoms with E-state index in [-0.39, 0.29) is 17.9 Å². The molecule has 0 aromatic heterocycles. The third kappa shape index (κ3) is 12.1. The molecule has 0 bridgehead atoms. The Balaban J connectivity index is 2.06. The van der Waals surface area contributed by atoms with Crippen LogP contribution in [0.15, 0.2) is 51.8 Å². The lowest BCUT2D eigenvalue weighted by Gasteiger charge is -2.25. The highest BCUT2D eigenvalue weighted by Crippen LogP contribution is 2.25. The van der Waals surface area contributed by atoms with E-state index in [1.54, 1.807) is 47.6 Å². The molecule has 0 unspecified atom stereocenters. The zero-order valence-corrected chi connectivity index (χ0v) is 27.3. The summed E-state index contributed by atoms with van der Waals surface area (Å²) in [5.41, 5.74) is 1.25. The van der Waals surface area contributed by atoms with Crippen molar-refractivity contribution in [1.29, 1.82) is 0 Å². The van der Waals surface area contributed by atoms with Gasteiger partial charge in [0.05, 0.1) is 11.4 Å². The van der Waals surface area contributed by atoms with E-state index in [2.05, 4.69) is 37.2 Å². The van der Waals surface area contributed by atoms with Gasteiger partial charge in [-0.15, -0.1) is 0 Å². The minimum atomic E-state index is -3.97. The molecule has 0 saturated heterocycles. The molecule has 2 aromatic rings. The molecule has 0 saturated carbocycles. The molecular formula is C28H37Br2NO7S. The fourth-order valence-corrected chi connectivity index (χ4v) is 5.84. The van der Waals surface area contributed by atoms with Gasteiger partial charge in [-0.05, 0) is 83.7 Å². The summed E-state index contributed by atoms with van der Waals surface area (Å²) < 4.78 is 42.2. The van der Waals surface area contributed by atoms with Gasteiger partial charge >= 0.3 is 11.9 Å². The normalized spacial score (nSPS) is 14.0. The number of hydrogen-bond acceptors (Lipinski definition) is 8. The van der Waals surface area contributed by atoms with E-state index in [1.165, 1.54) is 12.1 Å². The summed E-state index contributed by atoms with van der Waals surface area (Å²) >= 11 is 6.66. The first-order chi connectivity index (χ1) is 17.8. The third-order valence-corrected chi connectivity index (χ3v) is 8.06. The summed E-state index contributed by atoms with van der Waals surface area (Å²) in [7, 11) is -3.97. The Labute approximate surface area is 248 Å². The predicted molar refractivity (Wildman–Crippen MR) is 157 cm³/mol. The van der Waals surface area contributed by atoms with Gasteiger partial charge in [0.1, 0.15) is 22.3 Å². The van der Waals surface area contributed by atoms with Crippen molar-refractivity contribution >= 4 is 53.9 Å². The standard InChI is InChI=1S/C28H37Br2NO7S/c1-18-8-13-21(16-22(18)29)39(34,35)38-24(30)15-20-11-9-19(10-12-20)14-23(26(33)37-28(5,6)7)31-17-25(32)36-27(2,3)4/h8-13,16,23-24,31H,14-15,17H2,1-7H3/t23-,24+/m0/s1. The molecule has 0 fully saturated rings. The highest BCUT2D eigenvalue weighted by atomic mass is 79.9. The maximum atomic E-state index is 12.8. The molecule has 39 heavy (non-hydrogen) atoms. The number of carbonyl (C=O) groups is 2. The van der Waals surface area contributed by atoms with E-state index < -0.39 is 44.3 Å². The Bertz CT molecular complexity index is 1250. The van der Waals surface area contributed by atoms with Gasteiger partial charge in [0, 0.05) is 10.9 Å². The molecule has 0 aliphatic heterocycles. The molecular weight excluding hydrogens is 654 g/mol. The lowest BCUT2D eigenvalue weighted by molar-refractivity contribution is -0.158. The van der Waals surface area contributed by atoms with Crippen LogP contribution in [-0.2, 0) is 46.2 Å². The van der Waals surface area contributed by atoms with Crippen LogP contribution >= 0.6 is 31.9 Å². The van der Waals surface area contributed by atoms with Crippen molar-refractivity contribution in [3.63, 3.8) is 0 Å². The number of rotatable bonds is 11. The molecule has 2 rings (SSSR count). The monoisotopic (exact) mass is 689 g/mol. The lowest BCUT2D eigenvalue weighted by atomic mass is 10.0.